The van der Waals surface area contributed by atoms with Gasteiger partial charge in [0, 0.05) is 12.5 Å². The minimum Gasteiger partial charge on any atom is -0.397 e. The molecule has 1 spiro atoms. The number of likely N-dealkylation sites (N-methyl/N-ethyl adjacent to an activating group) is 1. The van der Waals surface area contributed by atoms with Crippen molar-refractivity contribution in [2.45, 2.75) is 31.3 Å². The molecule has 0 aromatic heterocycles. The van der Waals surface area contributed by atoms with Crippen molar-refractivity contribution in [1.82, 2.24) is 4.90 Å². The first-order valence-electron chi connectivity index (χ1n) is 6.86. The molecule has 0 radical (unpaired) electrons. The second-order valence-corrected chi connectivity index (χ2v) is 5.59. The Bertz CT molecular complexity index is 583. The fraction of sp³-hybridized carbons (Fsp3) is 0.467. The van der Waals surface area contributed by atoms with E-state index >= 15 is 0 Å². The molecule has 0 bridgehead atoms. The van der Waals surface area contributed by atoms with Crippen molar-refractivity contribution in [3.8, 4) is 0 Å². The Balaban J connectivity index is 1.96. The molecular weight excluding hydrogens is 274 g/mol. The maximum Gasteiger partial charge on any atom is 0.422 e. The van der Waals surface area contributed by atoms with E-state index in [-0.39, 0.29) is 5.92 Å². The van der Waals surface area contributed by atoms with Gasteiger partial charge in [-0.1, -0.05) is 29.8 Å². The van der Waals surface area contributed by atoms with Gasteiger partial charge in [-0.15, -0.1) is 0 Å². The molecule has 2 atom stereocenters. The van der Waals surface area contributed by atoms with E-state index in [0.717, 1.165) is 11.1 Å². The molecule has 2 unspecified atom stereocenters. The zero-order valence-corrected chi connectivity index (χ0v) is 11.9. The highest BCUT2D eigenvalue weighted by molar-refractivity contribution is 6.31. The van der Waals surface area contributed by atoms with Crippen LogP contribution in [0.4, 0.5) is 0 Å². The second-order valence-electron chi connectivity index (χ2n) is 5.59. The van der Waals surface area contributed by atoms with Crippen LogP contribution in [0.2, 0.25) is 0 Å². The summed E-state index contributed by atoms with van der Waals surface area (Å²) in [7, 11) is 1.65. The Kier molecular flexibility index (Phi) is 3.22. The zero-order chi connectivity index (χ0) is 15.2. The molecule has 2 heterocycles. The van der Waals surface area contributed by atoms with Crippen molar-refractivity contribution in [3.63, 3.8) is 0 Å². The molecule has 0 amide bonds. The maximum absolute atomic E-state index is 11.4. The predicted molar refractivity (Wildman–Crippen MR) is 72.1 cm³/mol. The van der Waals surface area contributed by atoms with Gasteiger partial charge in [0.1, 0.15) is 0 Å². The summed E-state index contributed by atoms with van der Waals surface area (Å²) in [5.41, 5.74) is 2.02. The summed E-state index contributed by atoms with van der Waals surface area (Å²) in [4.78, 5) is 24.4. The Morgan fingerprint density at radius 1 is 1.29 bits per heavy atom. The van der Waals surface area contributed by atoms with Gasteiger partial charge in [-0.3, -0.25) is 0 Å². The van der Waals surface area contributed by atoms with Crippen LogP contribution in [0.3, 0.4) is 0 Å². The van der Waals surface area contributed by atoms with E-state index in [1.54, 1.807) is 11.9 Å². The second kappa shape index (κ2) is 4.82. The van der Waals surface area contributed by atoms with Crippen molar-refractivity contribution in [2.24, 2.45) is 0 Å². The number of esters is 2. The van der Waals surface area contributed by atoms with Crippen LogP contribution in [0.25, 0.3) is 0 Å². The van der Waals surface area contributed by atoms with Crippen molar-refractivity contribution in [2.75, 3.05) is 13.6 Å². The quantitative estimate of drug-likeness (QED) is 0.601. The van der Waals surface area contributed by atoms with Crippen LogP contribution in [0, 0.1) is 6.92 Å². The number of aliphatic hydroxyl groups excluding tert-OH is 1. The molecular formula is C15H17NO5. The van der Waals surface area contributed by atoms with Gasteiger partial charge in [-0.05, 0) is 26.0 Å². The van der Waals surface area contributed by atoms with E-state index in [1.807, 2.05) is 31.2 Å². The van der Waals surface area contributed by atoms with E-state index in [1.165, 1.54) is 0 Å². The first-order valence-corrected chi connectivity index (χ1v) is 6.86. The van der Waals surface area contributed by atoms with Gasteiger partial charge in [0.2, 0.25) is 0 Å². The first kappa shape index (κ1) is 14.0. The van der Waals surface area contributed by atoms with Gasteiger partial charge < -0.3 is 14.6 Å². The minimum absolute atomic E-state index is 0.264. The van der Waals surface area contributed by atoms with Crippen LogP contribution < -0.4 is 0 Å². The number of carbonyl (C=O) groups is 2. The molecule has 6 heteroatoms. The van der Waals surface area contributed by atoms with E-state index < -0.39 is 24.0 Å². The van der Waals surface area contributed by atoms with E-state index in [9.17, 15) is 14.7 Å². The molecule has 21 heavy (non-hydrogen) atoms. The lowest BCUT2D eigenvalue weighted by molar-refractivity contribution is -0.304. The van der Waals surface area contributed by atoms with Gasteiger partial charge in [0.25, 0.3) is 0 Å². The van der Waals surface area contributed by atoms with E-state index in [4.69, 9.17) is 9.47 Å². The number of aryl methyl sites for hydroxylation is 1. The number of ether oxygens (including phenoxy) is 2. The average molecular weight is 291 g/mol. The number of nitrogens with zero attached hydrogens (tertiary/aromatic N) is 1. The lowest BCUT2D eigenvalue weighted by Crippen LogP contribution is -2.62. The summed E-state index contributed by atoms with van der Waals surface area (Å²) >= 11 is 0. The number of hydrogen-bond donors (Lipinski definition) is 1. The highest BCUT2D eigenvalue weighted by Crippen LogP contribution is 2.41. The van der Waals surface area contributed by atoms with Crippen molar-refractivity contribution in [3.05, 3.63) is 35.4 Å². The molecule has 1 aromatic carbocycles. The summed E-state index contributed by atoms with van der Waals surface area (Å²) in [6, 6.07) is 7.77. The number of aliphatic hydroxyl groups is 1. The van der Waals surface area contributed by atoms with Gasteiger partial charge in [-0.2, -0.15) is 0 Å². The summed E-state index contributed by atoms with van der Waals surface area (Å²) in [6.07, 6.45) is -0.453. The molecule has 2 aliphatic heterocycles. The van der Waals surface area contributed by atoms with Gasteiger partial charge in [0.15, 0.2) is 6.10 Å². The molecule has 2 saturated heterocycles. The standard InChI is InChI=1S/C15H17NO5/c1-9-4-3-5-10(8-9)11-6-7-16(2)15(12(11)17)20-13(18)14(19)21-15/h3-5,8,11-12,17H,6-7H2,1-2H3. The number of carbonyl (C=O) groups excluding carboxylic acids is 2. The van der Waals surface area contributed by atoms with Crippen LogP contribution in [0.5, 0.6) is 0 Å². The lowest BCUT2D eigenvalue weighted by Gasteiger charge is -2.45. The number of piperidine rings is 1. The molecule has 2 fully saturated rings. The smallest absolute Gasteiger partial charge is 0.397 e. The molecule has 112 valence electrons. The SMILES string of the molecule is Cc1cccc(C2CCN(C)C3(OC(=O)C(=O)O3)C2O)c1. The predicted octanol–water partition coefficient (Wildman–Crippen LogP) is 0.529. The van der Waals surface area contributed by atoms with Crippen LogP contribution in [0.1, 0.15) is 23.5 Å². The summed E-state index contributed by atoms with van der Waals surface area (Å²) in [6.45, 7) is 2.51. The summed E-state index contributed by atoms with van der Waals surface area (Å²) in [5, 5.41) is 10.7. The van der Waals surface area contributed by atoms with Crippen LogP contribution in [-0.4, -0.2) is 47.6 Å². The Morgan fingerprint density at radius 3 is 2.57 bits per heavy atom. The van der Waals surface area contributed by atoms with Crippen LogP contribution >= 0.6 is 0 Å². The Labute approximate surface area is 122 Å². The van der Waals surface area contributed by atoms with E-state index in [0.29, 0.717) is 13.0 Å². The molecule has 2 aliphatic rings. The third kappa shape index (κ3) is 2.11. The first-order chi connectivity index (χ1) is 9.94. The van der Waals surface area contributed by atoms with Gasteiger partial charge >= 0.3 is 17.8 Å². The molecule has 3 rings (SSSR count). The number of benzene rings is 1. The summed E-state index contributed by atoms with van der Waals surface area (Å²) in [5.74, 6) is -4.10. The summed E-state index contributed by atoms with van der Waals surface area (Å²) < 4.78 is 10.1. The van der Waals surface area contributed by atoms with Crippen molar-refractivity contribution >= 4 is 11.9 Å². The molecule has 6 nitrogen and oxygen atoms in total. The molecule has 1 aromatic rings. The highest BCUT2D eigenvalue weighted by Gasteiger charge is 2.61. The van der Waals surface area contributed by atoms with E-state index in [2.05, 4.69) is 0 Å². The lowest BCUT2D eigenvalue weighted by atomic mass is 9.84. The maximum atomic E-state index is 11.4. The minimum atomic E-state index is -1.71. The average Bonchev–Trinajstić information content (AvgIpc) is 2.74. The normalized spacial score (nSPS) is 28.5. The zero-order valence-electron chi connectivity index (χ0n) is 11.9. The van der Waals surface area contributed by atoms with Crippen LogP contribution in [-0.2, 0) is 19.1 Å². The number of rotatable bonds is 1. The molecule has 1 N–H and O–H groups in total. The number of likely N-dealkylation sites (tertiary alicyclic amines) is 1. The van der Waals surface area contributed by atoms with Crippen molar-refractivity contribution < 1.29 is 24.2 Å². The van der Waals surface area contributed by atoms with Gasteiger partial charge in [0.05, 0.1) is 0 Å². The monoisotopic (exact) mass is 291 g/mol. The van der Waals surface area contributed by atoms with Crippen LogP contribution in [0.15, 0.2) is 24.3 Å². The Hall–Kier alpha value is -1.92. The van der Waals surface area contributed by atoms with Crippen molar-refractivity contribution in [1.29, 1.82) is 0 Å². The fourth-order valence-electron chi connectivity index (χ4n) is 3.02. The topological polar surface area (TPSA) is 76.1 Å². The fourth-order valence-corrected chi connectivity index (χ4v) is 3.02. The molecule has 0 saturated carbocycles. The third-order valence-electron chi connectivity index (χ3n) is 4.18. The number of hydrogen-bond acceptors (Lipinski definition) is 6. The third-order valence-corrected chi connectivity index (χ3v) is 4.18. The molecule has 0 aliphatic carbocycles. The van der Waals surface area contributed by atoms with Gasteiger partial charge in [-0.25, -0.2) is 14.5 Å². The highest BCUT2D eigenvalue weighted by atomic mass is 16.8. The Morgan fingerprint density at radius 2 is 1.95 bits per heavy atom. The largest absolute Gasteiger partial charge is 0.422 e.